The van der Waals surface area contributed by atoms with Crippen molar-refractivity contribution in [1.29, 1.82) is 0 Å². The SMILES string of the molecule is COC(=O)c1c(OC)nn(C)c1OC. The van der Waals surface area contributed by atoms with Crippen LogP contribution in [0.2, 0.25) is 0 Å². The summed E-state index contributed by atoms with van der Waals surface area (Å²) in [5.74, 6) is -0.0308. The highest BCUT2D eigenvalue weighted by atomic mass is 16.5. The van der Waals surface area contributed by atoms with Crippen LogP contribution in [-0.2, 0) is 11.8 Å². The van der Waals surface area contributed by atoms with E-state index in [2.05, 4.69) is 9.84 Å². The summed E-state index contributed by atoms with van der Waals surface area (Å²) in [7, 11) is 5.80. The molecule has 0 atom stereocenters. The number of carbonyl (C=O) groups excluding carboxylic acids is 1. The molecule has 0 amide bonds. The van der Waals surface area contributed by atoms with E-state index >= 15 is 0 Å². The normalized spacial score (nSPS) is 9.71. The fourth-order valence-electron chi connectivity index (χ4n) is 1.14. The maximum Gasteiger partial charge on any atom is 0.349 e. The second-order valence-electron chi connectivity index (χ2n) is 2.51. The predicted molar refractivity (Wildman–Crippen MR) is 47.7 cm³/mol. The van der Waals surface area contributed by atoms with Crippen molar-refractivity contribution in [3.8, 4) is 11.8 Å². The van der Waals surface area contributed by atoms with Gasteiger partial charge in [-0.2, -0.15) is 0 Å². The molecule has 0 saturated heterocycles. The van der Waals surface area contributed by atoms with Crippen LogP contribution in [0.1, 0.15) is 10.4 Å². The summed E-state index contributed by atoms with van der Waals surface area (Å²) in [5, 5.41) is 3.94. The zero-order valence-electron chi connectivity index (χ0n) is 8.53. The third kappa shape index (κ3) is 1.50. The van der Waals surface area contributed by atoms with Crippen molar-refractivity contribution >= 4 is 5.97 Å². The topological polar surface area (TPSA) is 62.6 Å². The Hall–Kier alpha value is -1.72. The summed E-state index contributed by atoms with van der Waals surface area (Å²) < 4.78 is 15.9. The highest BCUT2D eigenvalue weighted by Crippen LogP contribution is 2.27. The van der Waals surface area contributed by atoms with Crippen LogP contribution in [0, 0.1) is 0 Å². The molecule has 0 bridgehead atoms. The second-order valence-corrected chi connectivity index (χ2v) is 2.51. The number of methoxy groups -OCH3 is 3. The Morgan fingerprint density at radius 3 is 2.36 bits per heavy atom. The van der Waals surface area contributed by atoms with Crippen LogP contribution >= 0.6 is 0 Å². The van der Waals surface area contributed by atoms with Crippen molar-refractivity contribution in [3.05, 3.63) is 5.56 Å². The fourth-order valence-corrected chi connectivity index (χ4v) is 1.14. The number of aryl methyl sites for hydroxylation is 1. The van der Waals surface area contributed by atoms with Gasteiger partial charge >= 0.3 is 5.97 Å². The standard InChI is InChI=1S/C8H12N2O4/c1-10-7(13-3)5(8(11)14-4)6(9-10)12-2/h1-4H3. The first-order chi connectivity index (χ1) is 6.65. The first kappa shape index (κ1) is 10.4. The summed E-state index contributed by atoms with van der Waals surface area (Å²) in [5.41, 5.74) is 0.194. The molecule has 1 heterocycles. The summed E-state index contributed by atoms with van der Waals surface area (Å²) in [6.45, 7) is 0. The summed E-state index contributed by atoms with van der Waals surface area (Å²) in [4.78, 5) is 11.4. The molecule has 0 aliphatic carbocycles. The highest BCUT2D eigenvalue weighted by molar-refractivity contribution is 5.94. The maximum atomic E-state index is 11.4. The molecule has 78 valence electrons. The van der Waals surface area contributed by atoms with Crippen molar-refractivity contribution < 1.29 is 19.0 Å². The number of rotatable bonds is 3. The van der Waals surface area contributed by atoms with Gasteiger partial charge in [0.1, 0.15) is 0 Å². The zero-order valence-corrected chi connectivity index (χ0v) is 8.53. The van der Waals surface area contributed by atoms with Crippen molar-refractivity contribution in [2.75, 3.05) is 21.3 Å². The minimum Gasteiger partial charge on any atom is -0.480 e. The van der Waals surface area contributed by atoms with E-state index in [1.54, 1.807) is 7.05 Å². The van der Waals surface area contributed by atoms with E-state index in [0.29, 0.717) is 5.88 Å². The van der Waals surface area contributed by atoms with Gasteiger partial charge < -0.3 is 14.2 Å². The highest BCUT2D eigenvalue weighted by Gasteiger charge is 2.25. The Balaban J connectivity index is 3.27. The van der Waals surface area contributed by atoms with Crippen LogP contribution in [0.5, 0.6) is 11.8 Å². The molecular weight excluding hydrogens is 188 g/mol. The van der Waals surface area contributed by atoms with E-state index in [-0.39, 0.29) is 11.4 Å². The molecule has 0 saturated carbocycles. The molecule has 14 heavy (non-hydrogen) atoms. The number of aromatic nitrogens is 2. The van der Waals surface area contributed by atoms with Gasteiger partial charge in [0, 0.05) is 7.05 Å². The number of esters is 1. The van der Waals surface area contributed by atoms with Gasteiger partial charge in [-0.15, -0.1) is 5.10 Å². The minimum absolute atomic E-state index is 0.191. The van der Waals surface area contributed by atoms with Gasteiger partial charge in [0.15, 0.2) is 5.56 Å². The molecule has 6 nitrogen and oxygen atoms in total. The average molecular weight is 200 g/mol. The molecule has 0 fully saturated rings. The van der Waals surface area contributed by atoms with Crippen molar-refractivity contribution in [2.24, 2.45) is 7.05 Å². The van der Waals surface area contributed by atoms with E-state index in [4.69, 9.17) is 9.47 Å². The lowest BCUT2D eigenvalue weighted by atomic mass is 10.3. The van der Waals surface area contributed by atoms with Crippen LogP contribution < -0.4 is 9.47 Å². The van der Waals surface area contributed by atoms with E-state index in [1.807, 2.05) is 0 Å². The average Bonchev–Trinajstić information content (AvgIpc) is 2.53. The third-order valence-electron chi connectivity index (χ3n) is 1.74. The Kier molecular flexibility index (Phi) is 2.95. The quantitative estimate of drug-likeness (QED) is 0.653. The number of nitrogens with zero attached hydrogens (tertiary/aromatic N) is 2. The molecule has 1 rings (SSSR count). The van der Waals surface area contributed by atoms with Gasteiger partial charge in [-0.25, -0.2) is 9.48 Å². The van der Waals surface area contributed by atoms with Gasteiger partial charge in [-0.05, 0) is 0 Å². The maximum absolute atomic E-state index is 11.4. The van der Waals surface area contributed by atoms with Crippen molar-refractivity contribution in [3.63, 3.8) is 0 Å². The van der Waals surface area contributed by atoms with E-state index in [0.717, 1.165) is 0 Å². The molecule has 0 aliphatic rings. The monoisotopic (exact) mass is 200 g/mol. The summed E-state index contributed by atoms with van der Waals surface area (Å²) >= 11 is 0. The lowest BCUT2D eigenvalue weighted by molar-refractivity contribution is 0.0593. The largest absolute Gasteiger partial charge is 0.480 e. The molecule has 0 spiro atoms. The molecule has 0 aliphatic heterocycles. The molecular formula is C8H12N2O4. The summed E-state index contributed by atoms with van der Waals surface area (Å²) in [6.07, 6.45) is 0. The Bertz CT molecular complexity index is 345. The van der Waals surface area contributed by atoms with Gasteiger partial charge in [-0.3, -0.25) is 0 Å². The predicted octanol–water partition coefficient (Wildman–Crippen LogP) is 0.224. The van der Waals surface area contributed by atoms with Crippen LogP contribution in [0.25, 0.3) is 0 Å². The Morgan fingerprint density at radius 1 is 1.29 bits per heavy atom. The lowest BCUT2D eigenvalue weighted by Crippen LogP contribution is -2.05. The number of carbonyl (C=O) groups is 1. The molecule has 0 radical (unpaired) electrons. The van der Waals surface area contributed by atoms with E-state index < -0.39 is 5.97 Å². The molecule has 0 N–H and O–H groups in total. The van der Waals surface area contributed by atoms with Crippen LogP contribution in [0.4, 0.5) is 0 Å². The van der Waals surface area contributed by atoms with Crippen LogP contribution in [0.15, 0.2) is 0 Å². The van der Waals surface area contributed by atoms with Crippen LogP contribution in [-0.4, -0.2) is 37.1 Å². The second kappa shape index (κ2) is 3.99. The minimum atomic E-state index is -0.535. The van der Waals surface area contributed by atoms with E-state index in [1.165, 1.54) is 26.0 Å². The molecule has 0 aromatic carbocycles. The first-order valence-electron chi connectivity index (χ1n) is 3.89. The fraction of sp³-hybridized carbons (Fsp3) is 0.500. The number of hydrogen-bond acceptors (Lipinski definition) is 5. The van der Waals surface area contributed by atoms with Crippen molar-refractivity contribution in [2.45, 2.75) is 0 Å². The molecule has 1 aromatic heterocycles. The van der Waals surface area contributed by atoms with E-state index in [9.17, 15) is 4.79 Å². The van der Waals surface area contributed by atoms with Gasteiger partial charge in [-0.1, -0.05) is 0 Å². The van der Waals surface area contributed by atoms with Crippen LogP contribution in [0.3, 0.4) is 0 Å². The first-order valence-corrected chi connectivity index (χ1v) is 3.89. The Labute approximate surface area is 81.4 Å². The molecule has 6 heteroatoms. The summed E-state index contributed by atoms with van der Waals surface area (Å²) in [6, 6.07) is 0. The smallest absolute Gasteiger partial charge is 0.349 e. The molecule has 1 aromatic rings. The van der Waals surface area contributed by atoms with Gasteiger partial charge in [0.05, 0.1) is 21.3 Å². The zero-order chi connectivity index (χ0) is 10.7. The number of hydrogen-bond donors (Lipinski definition) is 0. The third-order valence-corrected chi connectivity index (χ3v) is 1.74. The Morgan fingerprint density at radius 2 is 1.93 bits per heavy atom. The van der Waals surface area contributed by atoms with Gasteiger partial charge in [0.2, 0.25) is 5.88 Å². The molecule has 0 unspecified atom stereocenters. The number of ether oxygens (including phenoxy) is 3. The lowest BCUT2D eigenvalue weighted by Gasteiger charge is -2.02. The van der Waals surface area contributed by atoms with Gasteiger partial charge in [0.25, 0.3) is 5.88 Å². The van der Waals surface area contributed by atoms with Crippen molar-refractivity contribution in [1.82, 2.24) is 9.78 Å².